The number of phenols is 4. The monoisotopic (exact) mass is 516 g/mol. The largest absolute Gasteiger partial charge is 0.504 e. The highest BCUT2D eigenvalue weighted by molar-refractivity contribution is 5.88. The van der Waals surface area contributed by atoms with Crippen LogP contribution in [0.2, 0.25) is 0 Å². The maximum atomic E-state index is 12.4. The smallest absolute Gasteiger partial charge is 0.335 e. The molecule has 0 amide bonds. The second-order valence-corrected chi connectivity index (χ2v) is 8.35. The van der Waals surface area contributed by atoms with Gasteiger partial charge >= 0.3 is 17.9 Å². The lowest BCUT2D eigenvalue weighted by Gasteiger charge is -2.40. The van der Waals surface area contributed by atoms with Gasteiger partial charge in [0.2, 0.25) is 0 Å². The minimum absolute atomic E-state index is 0.311. The molecule has 0 saturated heterocycles. The van der Waals surface area contributed by atoms with E-state index in [0.717, 1.165) is 18.2 Å². The van der Waals surface area contributed by atoms with Crippen LogP contribution in [0.25, 0.3) is 12.2 Å². The van der Waals surface area contributed by atoms with Crippen molar-refractivity contribution in [2.75, 3.05) is 0 Å². The molecule has 12 heteroatoms. The second-order valence-electron chi connectivity index (χ2n) is 8.35. The zero-order valence-electron chi connectivity index (χ0n) is 19.1. The molecule has 2 aromatic carbocycles. The molecule has 1 fully saturated rings. The Hall–Kier alpha value is -4.55. The zero-order valence-corrected chi connectivity index (χ0v) is 19.1. The lowest BCUT2D eigenvalue weighted by Crippen LogP contribution is -2.58. The van der Waals surface area contributed by atoms with E-state index in [-0.39, 0.29) is 11.5 Å². The van der Waals surface area contributed by atoms with Gasteiger partial charge in [-0.2, -0.15) is 0 Å². The molecular formula is C25H24O12. The van der Waals surface area contributed by atoms with E-state index in [9.17, 15) is 50.1 Å². The summed E-state index contributed by atoms with van der Waals surface area (Å²) in [6, 6.07) is 7.50. The van der Waals surface area contributed by atoms with Crippen molar-refractivity contribution in [2.45, 2.75) is 36.8 Å². The Morgan fingerprint density at radius 3 is 1.73 bits per heavy atom. The normalized spacial score (nSPS) is 23.7. The highest BCUT2D eigenvalue weighted by Gasteiger charge is 2.52. The predicted octanol–water partition coefficient (Wildman–Crippen LogP) is 1.03. The fourth-order valence-corrected chi connectivity index (χ4v) is 3.66. The van der Waals surface area contributed by atoms with Crippen LogP contribution in [0, 0.1) is 0 Å². The van der Waals surface area contributed by atoms with E-state index in [1.165, 1.54) is 42.5 Å². The number of aliphatic hydroxyl groups excluding tert-OH is 1. The topological polar surface area (TPSA) is 211 Å². The molecule has 1 unspecified atom stereocenters. The maximum absolute atomic E-state index is 12.4. The number of ether oxygens (including phenoxy) is 2. The molecule has 0 aromatic heterocycles. The zero-order chi connectivity index (χ0) is 27.3. The molecule has 0 heterocycles. The van der Waals surface area contributed by atoms with Crippen LogP contribution in [0.1, 0.15) is 24.0 Å². The number of hydrogen-bond acceptors (Lipinski definition) is 11. The number of carbonyl (C=O) groups excluding carboxylic acids is 2. The van der Waals surface area contributed by atoms with Crippen molar-refractivity contribution < 1.29 is 59.6 Å². The van der Waals surface area contributed by atoms with Crippen molar-refractivity contribution in [1.82, 2.24) is 0 Å². The fraction of sp³-hybridized carbons (Fsp3) is 0.240. The van der Waals surface area contributed by atoms with Gasteiger partial charge in [0, 0.05) is 25.0 Å². The number of aliphatic carboxylic acids is 1. The summed E-state index contributed by atoms with van der Waals surface area (Å²) in [5.41, 5.74) is -1.82. The van der Waals surface area contributed by atoms with E-state index in [4.69, 9.17) is 9.47 Å². The Balaban J connectivity index is 1.75. The molecule has 37 heavy (non-hydrogen) atoms. The van der Waals surface area contributed by atoms with Crippen molar-refractivity contribution in [2.24, 2.45) is 0 Å². The molecule has 4 atom stereocenters. The van der Waals surface area contributed by atoms with Gasteiger partial charge in [0.1, 0.15) is 6.10 Å². The van der Waals surface area contributed by atoms with Crippen molar-refractivity contribution in [3.63, 3.8) is 0 Å². The van der Waals surface area contributed by atoms with Crippen LogP contribution in [0.3, 0.4) is 0 Å². The molecule has 0 radical (unpaired) electrons. The first kappa shape index (κ1) is 27.0. The van der Waals surface area contributed by atoms with Crippen molar-refractivity contribution in [3.8, 4) is 23.0 Å². The first-order chi connectivity index (χ1) is 17.4. The Morgan fingerprint density at radius 1 is 0.784 bits per heavy atom. The number of carbonyl (C=O) groups is 3. The van der Waals surface area contributed by atoms with Gasteiger partial charge in [-0.15, -0.1) is 0 Å². The summed E-state index contributed by atoms with van der Waals surface area (Å²) in [6.45, 7) is 0. The number of carboxylic acid groups (broad SMARTS) is 1. The van der Waals surface area contributed by atoms with E-state index in [1.807, 2.05) is 0 Å². The van der Waals surface area contributed by atoms with Crippen LogP contribution < -0.4 is 0 Å². The molecule has 1 aliphatic rings. The number of esters is 2. The van der Waals surface area contributed by atoms with Gasteiger partial charge in [-0.05, 0) is 47.5 Å². The standard InChI is InChI=1S/C25H24O12/c26-15-5-1-13(9-17(15)28)3-7-21(31)36-20-12-25(35,24(33)34)11-19(30)23(20)37-22(32)8-4-14-2-6-16(27)18(29)10-14/h1-10,19-20,23,26-30,35H,11-12H2,(H,33,34)/t19-,20?,23-,25-/m1/s1. The number of rotatable bonds is 7. The van der Waals surface area contributed by atoms with Crippen LogP contribution in [0.15, 0.2) is 48.6 Å². The SMILES string of the molecule is O=C(C=Cc1ccc(O)c(O)c1)OC1C[C@@](O)(C(=O)O)C[C@@H](O)[C@H]1OC(=O)C=Cc1ccc(O)c(O)c1. The summed E-state index contributed by atoms with van der Waals surface area (Å²) in [4.78, 5) is 36.3. The van der Waals surface area contributed by atoms with Crippen LogP contribution >= 0.6 is 0 Å². The highest BCUT2D eigenvalue weighted by Crippen LogP contribution is 2.33. The van der Waals surface area contributed by atoms with Gasteiger partial charge in [-0.25, -0.2) is 14.4 Å². The molecule has 1 saturated carbocycles. The molecule has 196 valence electrons. The van der Waals surface area contributed by atoms with Gasteiger partial charge in [0.05, 0.1) is 6.10 Å². The van der Waals surface area contributed by atoms with Gasteiger partial charge < -0.3 is 45.2 Å². The molecule has 0 bridgehead atoms. The first-order valence-corrected chi connectivity index (χ1v) is 10.8. The summed E-state index contributed by atoms with van der Waals surface area (Å²) in [6.07, 6.45) is -1.86. The minimum atomic E-state index is -2.46. The van der Waals surface area contributed by atoms with E-state index in [1.54, 1.807) is 0 Å². The van der Waals surface area contributed by atoms with Crippen molar-refractivity contribution >= 4 is 30.1 Å². The maximum Gasteiger partial charge on any atom is 0.335 e. The second kappa shape index (κ2) is 11.0. The Bertz CT molecular complexity index is 1250. The Labute approximate surface area is 209 Å². The molecule has 12 nitrogen and oxygen atoms in total. The first-order valence-electron chi connectivity index (χ1n) is 10.8. The third-order valence-corrected chi connectivity index (χ3v) is 5.57. The van der Waals surface area contributed by atoms with E-state index >= 15 is 0 Å². The summed E-state index contributed by atoms with van der Waals surface area (Å²) in [5.74, 6) is -5.29. The molecule has 7 N–H and O–H groups in total. The lowest BCUT2D eigenvalue weighted by molar-refractivity contribution is -0.204. The van der Waals surface area contributed by atoms with E-state index in [0.29, 0.717) is 11.1 Å². The van der Waals surface area contributed by atoms with Crippen molar-refractivity contribution in [3.05, 3.63) is 59.7 Å². The lowest BCUT2D eigenvalue weighted by atomic mass is 9.79. The van der Waals surface area contributed by atoms with Gasteiger partial charge in [0.15, 0.2) is 34.7 Å². The van der Waals surface area contributed by atoms with Gasteiger partial charge in [-0.1, -0.05) is 12.1 Å². The van der Waals surface area contributed by atoms with Crippen LogP contribution in [0.5, 0.6) is 23.0 Å². The average molecular weight is 516 g/mol. The van der Waals surface area contributed by atoms with E-state index < -0.39 is 66.2 Å². The number of benzene rings is 2. The van der Waals surface area contributed by atoms with Gasteiger partial charge in [-0.3, -0.25) is 0 Å². The number of phenolic OH excluding ortho intramolecular Hbond substituents is 4. The summed E-state index contributed by atoms with van der Waals surface area (Å²) in [5, 5.41) is 68.0. The average Bonchev–Trinajstić information content (AvgIpc) is 2.82. The number of aromatic hydroxyl groups is 4. The van der Waals surface area contributed by atoms with Crippen LogP contribution in [-0.2, 0) is 23.9 Å². The Morgan fingerprint density at radius 2 is 1.27 bits per heavy atom. The molecule has 0 aliphatic heterocycles. The number of hydrogen-bond donors (Lipinski definition) is 7. The summed E-state index contributed by atoms with van der Waals surface area (Å²) >= 11 is 0. The quantitative estimate of drug-likeness (QED) is 0.156. The molecular weight excluding hydrogens is 492 g/mol. The number of carboxylic acids is 1. The number of aliphatic hydroxyl groups is 2. The van der Waals surface area contributed by atoms with Crippen molar-refractivity contribution in [1.29, 1.82) is 0 Å². The molecule has 3 rings (SSSR count). The summed E-state index contributed by atoms with van der Waals surface area (Å²) in [7, 11) is 0. The predicted molar refractivity (Wildman–Crippen MR) is 125 cm³/mol. The highest BCUT2D eigenvalue weighted by atomic mass is 16.6. The third kappa shape index (κ3) is 6.78. The molecule has 2 aromatic rings. The van der Waals surface area contributed by atoms with E-state index in [2.05, 4.69) is 0 Å². The van der Waals surface area contributed by atoms with Crippen LogP contribution in [0.4, 0.5) is 0 Å². The molecule has 0 spiro atoms. The Kier molecular flexibility index (Phi) is 8.05. The third-order valence-electron chi connectivity index (χ3n) is 5.57. The summed E-state index contributed by atoms with van der Waals surface area (Å²) < 4.78 is 10.4. The fourth-order valence-electron chi connectivity index (χ4n) is 3.66. The minimum Gasteiger partial charge on any atom is -0.504 e. The van der Waals surface area contributed by atoms with Gasteiger partial charge in [0.25, 0.3) is 0 Å². The van der Waals surface area contributed by atoms with Crippen LogP contribution in [-0.4, -0.2) is 77.6 Å². The molecule has 1 aliphatic carbocycles.